The molecule has 0 aliphatic rings. The van der Waals surface area contributed by atoms with Crippen LogP contribution in [0.2, 0.25) is 0 Å². The van der Waals surface area contributed by atoms with Gasteiger partial charge in [0.2, 0.25) is 0 Å². The topological polar surface area (TPSA) is 68.8 Å². The molecule has 0 bridgehead atoms. The molecule has 6 nitrogen and oxygen atoms in total. The van der Waals surface area contributed by atoms with E-state index >= 15 is 0 Å². The molecule has 0 saturated carbocycles. The third kappa shape index (κ3) is 5.03. The first-order valence-corrected chi connectivity index (χ1v) is 12.3. The van der Waals surface area contributed by atoms with Gasteiger partial charge in [-0.25, -0.2) is 14.5 Å². The van der Waals surface area contributed by atoms with E-state index in [0.717, 1.165) is 34.0 Å². The number of aryl methyl sites for hydroxylation is 1. The molecular weight excluding hydrogens is 641 g/mol. The van der Waals surface area contributed by atoms with E-state index in [4.69, 9.17) is 5.10 Å². The van der Waals surface area contributed by atoms with Gasteiger partial charge >= 0.3 is 0 Å². The Hall–Kier alpha value is -3.50. The number of phenols is 1. The molecule has 0 saturated heterocycles. The van der Waals surface area contributed by atoms with E-state index in [2.05, 4.69) is 62.0 Å². The number of nitrogens with zero attached hydrogens (tertiary/aromatic N) is 5. The van der Waals surface area contributed by atoms with Crippen LogP contribution in [-0.4, -0.2) is 29.7 Å². The van der Waals surface area contributed by atoms with Gasteiger partial charge in [0.05, 0.1) is 11.5 Å². The molecule has 2 aromatic heterocycles. The van der Waals surface area contributed by atoms with Crippen LogP contribution in [-0.2, 0) is 21.1 Å². The average Bonchev–Trinajstić information content (AvgIpc) is 3.51. The fraction of sp³-hybridized carbons (Fsp3) is 0.233. The number of para-hydroxylation sites is 3. The summed E-state index contributed by atoms with van der Waals surface area (Å²) in [4.78, 5) is 4.64. The minimum Gasteiger partial charge on any atom is -0.506 e. The third-order valence-corrected chi connectivity index (χ3v) is 6.41. The van der Waals surface area contributed by atoms with Crippen molar-refractivity contribution in [2.45, 2.75) is 46.5 Å². The van der Waals surface area contributed by atoms with Crippen LogP contribution in [0.15, 0.2) is 73.1 Å². The zero-order chi connectivity index (χ0) is 25.4. The van der Waals surface area contributed by atoms with E-state index in [1.165, 1.54) is 11.1 Å². The Balaban J connectivity index is 0.00000320. The first-order chi connectivity index (χ1) is 17.3. The number of phenolic OH excluding ortho intramolecular Hbond substituents is 1. The Bertz CT molecular complexity index is 1510. The van der Waals surface area contributed by atoms with Gasteiger partial charge in [0, 0.05) is 32.5 Å². The summed E-state index contributed by atoms with van der Waals surface area (Å²) in [5, 5.41) is 19.7. The second-order valence-electron chi connectivity index (χ2n) is 9.64. The van der Waals surface area contributed by atoms with Gasteiger partial charge in [0.1, 0.15) is 17.8 Å². The van der Waals surface area contributed by atoms with Crippen molar-refractivity contribution < 1.29 is 26.2 Å². The molecular formula is C30H30N5OPt-. The van der Waals surface area contributed by atoms with E-state index < -0.39 is 0 Å². The molecule has 2 heterocycles. The molecule has 1 N–H and O–H groups in total. The predicted molar refractivity (Wildman–Crippen MR) is 143 cm³/mol. The molecule has 0 radical (unpaired) electrons. The zero-order valence-corrected chi connectivity index (χ0v) is 23.9. The second-order valence-corrected chi connectivity index (χ2v) is 9.64. The summed E-state index contributed by atoms with van der Waals surface area (Å²) in [6.45, 7) is 10.8. The van der Waals surface area contributed by atoms with Gasteiger partial charge in [-0.1, -0.05) is 69.2 Å². The molecule has 37 heavy (non-hydrogen) atoms. The first kappa shape index (κ1) is 26.6. The van der Waals surface area contributed by atoms with E-state index in [0.29, 0.717) is 17.5 Å². The van der Waals surface area contributed by atoms with Crippen molar-refractivity contribution in [1.82, 2.24) is 24.5 Å². The minimum atomic E-state index is 0. The Kier molecular flexibility index (Phi) is 7.79. The molecule has 3 aromatic carbocycles. The quantitative estimate of drug-likeness (QED) is 0.201. The predicted octanol–water partition coefficient (Wildman–Crippen LogP) is 6.85. The van der Waals surface area contributed by atoms with Gasteiger partial charge in [-0.15, -0.1) is 24.3 Å². The summed E-state index contributed by atoms with van der Waals surface area (Å²) in [5.74, 6) is 1.61. The van der Waals surface area contributed by atoms with Crippen LogP contribution in [0, 0.1) is 13.0 Å². The smallest absolute Gasteiger partial charge is 0.141 e. The second kappa shape index (κ2) is 10.9. The van der Waals surface area contributed by atoms with E-state index in [-0.39, 0.29) is 26.8 Å². The summed E-state index contributed by atoms with van der Waals surface area (Å²) in [6, 6.07) is 25.2. The summed E-state index contributed by atoms with van der Waals surface area (Å²) in [6.07, 6.45) is 1.61. The molecule has 7 heteroatoms. The molecule has 0 aliphatic carbocycles. The molecule has 0 atom stereocenters. The molecule has 192 valence electrons. The number of aromatic nitrogens is 5. The van der Waals surface area contributed by atoms with Gasteiger partial charge in [-0.05, 0) is 48.1 Å². The van der Waals surface area contributed by atoms with Crippen molar-refractivity contribution in [2.24, 2.45) is 0 Å². The van der Waals surface area contributed by atoms with Crippen molar-refractivity contribution in [3.05, 3.63) is 95.9 Å². The van der Waals surface area contributed by atoms with E-state index in [1.807, 2.05) is 48.0 Å². The monoisotopic (exact) mass is 671 g/mol. The number of rotatable bonds is 6. The van der Waals surface area contributed by atoms with Crippen LogP contribution >= 0.6 is 0 Å². The van der Waals surface area contributed by atoms with Crippen LogP contribution in [0.1, 0.15) is 56.4 Å². The Morgan fingerprint density at radius 2 is 1.46 bits per heavy atom. The van der Waals surface area contributed by atoms with Crippen molar-refractivity contribution in [1.29, 1.82) is 0 Å². The van der Waals surface area contributed by atoms with Crippen molar-refractivity contribution in [3.8, 4) is 39.8 Å². The summed E-state index contributed by atoms with van der Waals surface area (Å²) in [7, 11) is 0. The number of hydrogen-bond donors (Lipinski definition) is 1. The maximum Gasteiger partial charge on any atom is 0.141 e. The fourth-order valence-corrected chi connectivity index (χ4v) is 4.59. The van der Waals surface area contributed by atoms with E-state index in [1.54, 1.807) is 23.1 Å². The Labute approximate surface area is 232 Å². The maximum atomic E-state index is 10.3. The standard InChI is InChI=1S/C30H30N5O.Pt/c1-19(2)24-12-9-13-25(20(3)4)29(24)35-30(31-18-32-35)23-11-8-10-22(17-23)26-16-21(5)34(33-26)27-14-6-7-15-28(27)36;/h6-16,18-20,36H,1-5H3;/q-1;. The van der Waals surface area contributed by atoms with Gasteiger partial charge in [0.25, 0.3) is 0 Å². The number of hydrogen-bond acceptors (Lipinski definition) is 4. The molecule has 5 aromatic rings. The summed E-state index contributed by atoms with van der Waals surface area (Å²) in [5.41, 5.74) is 7.59. The van der Waals surface area contributed by atoms with Gasteiger partial charge in [0.15, 0.2) is 0 Å². The van der Waals surface area contributed by atoms with Crippen molar-refractivity contribution >= 4 is 0 Å². The molecule has 0 unspecified atom stereocenters. The molecule has 5 rings (SSSR count). The van der Waals surface area contributed by atoms with Gasteiger partial charge in [-0.2, -0.15) is 5.10 Å². The van der Waals surface area contributed by atoms with E-state index in [9.17, 15) is 5.11 Å². The maximum absolute atomic E-state index is 10.3. The fourth-order valence-electron chi connectivity index (χ4n) is 4.59. The third-order valence-electron chi connectivity index (χ3n) is 6.41. The SMILES string of the molecule is Cc1cc(-c2[c-]c(-c3ncnn3-c3c(C(C)C)cccc3C(C)C)ccc2)nn1-c1ccccc1O.[Pt]. The van der Waals surface area contributed by atoms with Gasteiger partial charge in [-0.3, -0.25) is 4.98 Å². The van der Waals surface area contributed by atoms with Crippen molar-refractivity contribution in [2.75, 3.05) is 0 Å². The summed E-state index contributed by atoms with van der Waals surface area (Å²) >= 11 is 0. The normalized spacial score (nSPS) is 11.2. The summed E-state index contributed by atoms with van der Waals surface area (Å²) < 4.78 is 3.70. The first-order valence-electron chi connectivity index (χ1n) is 12.3. The van der Waals surface area contributed by atoms with Crippen LogP contribution in [0.4, 0.5) is 0 Å². The zero-order valence-electron chi connectivity index (χ0n) is 21.6. The molecule has 0 amide bonds. The number of aromatic hydroxyl groups is 1. The van der Waals surface area contributed by atoms with Crippen LogP contribution in [0.5, 0.6) is 5.75 Å². The Morgan fingerprint density at radius 1 is 0.811 bits per heavy atom. The van der Waals surface area contributed by atoms with Gasteiger partial charge < -0.3 is 5.11 Å². The average molecular weight is 672 g/mol. The van der Waals surface area contributed by atoms with Crippen LogP contribution in [0.3, 0.4) is 0 Å². The van der Waals surface area contributed by atoms with Crippen LogP contribution < -0.4 is 0 Å². The Morgan fingerprint density at radius 3 is 2.14 bits per heavy atom. The largest absolute Gasteiger partial charge is 0.506 e. The minimum absolute atomic E-state index is 0. The molecule has 0 aliphatic heterocycles. The molecule has 0 fully saturated rings. The molecule has 0 spiro atoms. The van der Waals surface area contributed by atoms with Crippen molar-refractivity contribution in [3.63, 3.8) is 0 Å². The number of benzene rings is 3. The van der Waals surface area contributed by atoms with Crippen LogP contribution in [0.25, 0.3) is 34.0 Å².